The van der Waals surface area contributed by atoms with Crippen LogP contribution in [-0.4, -0.2) is 27.4 Å². The lowest BCUT2D eigenvalue weighted by atomic mass is 10.2. The van der Waals surface area contributed by atoms with Gasteiger partial charge in [0.2, 0.25) is 11.0 Å². The van der Waals surface area contributed by atoms with Crippen LogP contribution in [0.4, 0.5) is 15.6 Å². The van der Waals surface area contributed by atoms with Crippen molar-refractivity contribution < 1.29 is 9.59 Å². The quantitative estimate of drug-likeness (QED) is 0.510. The van der Waals surface area contributed by atoms with E-state index in [4.69, 9.17) is 0 Å². The van der Waals surface area contributed by atoms with E-state index in [1.807, 2.05) is 60.7 Å². The normalized spacial score (nSPS) is 11.5. The summed E-state index contributed by atoms with van der Waals surface area (Å²) >= 11 is 2.60. The summed E-state index contributed by atoms with van der Waals surface area (Å²) in [6.45, 7) is 2.07. The van der Waals surface area contributed by atoms with E-state index >= 15 is 0 Å². The SMILES string of the molecule is C[C@@H](Sc1nnc(Nc2ccccc2)s1)C(=O)NC(=O)NCc1ccccc1. The first-order valence-corrected chi connectivity index (χ1v) is 10.2. The molecule has 0 saturated heterocycles. The molecule has 1 aromatic heterocycles. The Balaban J connectivity index is 1.45. The molecule has 9 heteroatoms. The second kappa shape index (κ2) is 9.86. The van der Waals surface area contributed by atoms with E-state index in [0.29, 0.717) is 16.0 Å². The zero-order chi connectivity index (χ0) is 19.8. The average molecular weight is 414 g/mol. The van der Waals surface area contributed by atoms with Gasteiger partial charge in [0, 0.05) is 12.2 Å². The predicted molar refractivity (Wildman–Crippen MR) is 112 cm³/mol. The van der Waals surface area contributed by atoms with Crippen LogP contribution in [0.3, 0.4) is 0 Å². The number of carbonyl (C=O) groups is 2. The number of aromatic nitrogens is 2. The summed E-state index contributed by atoms with van der Waals surface area (Å²) in [5, 5.41) is 16.5. The van der Waals surface area contributed by atoms with Crippen molar-refractivity contribution in [3.8, 4) is 0 Å². The third-order valence-corrected chi connectivity index (χ3v) is 5.63. The van der Waals surface area contributed by atoms with E-state index in [1.165, 1.54) is 23.1 Å². The van der Waals surface area contributed by atoms with Crippen LogP contribution >= 0.6 is 23.1 Å². The number of para-hydroxylation sites is 1. The zero-order valence-corrected chi connectivity index (χ0v) is 16.7. The van der Waals surface area contributed by atoms with E-state index in [9.17, 15) is 9.59 Å². The molecule has 0 unspecified atom stereocenters. The molecular formula is C19H19N5O2S2. The van der Waals surface area contributed by atoms with Crippen LogP contribution in [0.5, 0.6) is 0 Å². The summed E-state index contributed by atoms with van der Waals surface area (Å²) in [4.78, 5) is 24.1. The molecule has 3 amide bonds. The van der Waals surface area contributed by atoms with Gasteiger partial charge < -0.3 is 10.6 Å². The van der Waals surface area contributed by atoms with Crippen molar-refractivity contribution in [2.75, 3.05) is 5.32 Å². The smallest absolute Gasteiger partial charge is 0.321 e. The molecule has 0 aliphatic rings. The van der Waals surface area contributed by atoms with Crippen molar-refractivity contribution in [2.45, 2.75) is 23.1 Å². The summed E-state index contributed by atoms with van der Waals surface area (Å²) < 4.78 is 0.644. The molecule has 0 spiro atoms. The molecular weight excluding hydrogens is 394 g/mol. The molecule has 0 aliphatic heterocycles. The summed E-state index contributed by atoms with van der Waals surface area (Å²) in [7, 11) is 0. The van der Waals surface area contributed by atoms with Gasteiger partial charge in [-0.1, -0.05) is 71.6 Å². The van der Waals surface area contributed by atoms with E-state index in [0.717, 1.165) is 11.3 Å². The van der Waals surface area contributed by atoms with Gasteiger partial charge in [-0.25, -0.2) is 4.79 Å². The Hall–Kier alpha value is -2.91. The number of anilines is 2. The molecule has 7 nitrogen and oxygen atoms in total. The van der Waals surface area contributed by atoms with Crippen molar-refractivity contribution in [3.63, 3.8) is 0 Å². The lowest BCUT2D eigenvalue weighted by molar-refractivity contribution is -0.119. The number of carbonyl (C=O) groups excluding carboxylic acids is 2. The molecule has 0 fully saturated rings. The number of amides is 3. The minimum absolute atomic E-state index is 0.354. The Bertz CT molecular complexity index is 918. The maximum atomic E-state index is 12.2. The minimum Gasteiger partial charge on any atom is -0.334 e. The van der Waals surface area contributed by atoms with Crippen molar-refractivity contribution in [1.29, 1.82) is 0 Å². The number of benzene rings is 2. The molecule has 3 N–H and O–H groups in total. The molecule has 0 bridgehead atoms. The standard InChI is InChI=1S/C19H19N5O2S2/c1-13(16(25)22-17(26)20-12-14-8-4-2-5-9-14)27-19-24-23-18(28-19)21-15-10-6-3-7-11-15/h2-11,13H,12H2,1H3,(H,21,23)(H2,20,22,25,26)/t13-/m1/s1. The van der Waals surface area contributed by atoms with E-state index < -0.39 is 11.3 Å². The topological polar surface area (TPSA) is 96.0 Å². The second-order valence-electron chi connectivity index (χ2n) is 5.78. The predicted octanol–water partition coefficient (Wildman–Crippen LogP) is 3.79. The minimum atomic E-state index is -0.523. The Morgan fingerprint density at radius 1 is 1.04 bits per heavy atom. The molecule has 0 radical (unpaired) electrons. The maximum Gasteiger partial charge on any atom is 0.321 e. The lowest BCUT2D eigenvalue weighted by Crippen LogP contribution is -2.42. The summed E-state index contributed by atoms with van der Waals surface area (Å²) in [5.41, 5.74) is 1.87. The van der Waals surface area contributed by atoms with Crippen LogP contribution in [0.25, 0.3) is 0 Å². The number of imide groups is 1. The van der Waals surface area contributed by atoms with Crippen LogP contribution in [0.15, 0.2) is 65.0 Å². The number of hydrogen-bond donors (Lipinski definition) is 3. The highest BCUT2D eigenvalue weighted by Gasteiger charge is 2.19. The van der Waals surface area contributed by atoms with Crippen LogP contribution in [0.1, 0.15) is 12.5 Å². The first kappa shape index (κ1) is 19.8. The number of nitrogens with zero attached hydrogens (tertiary/aromatic N) is 2. The fraction of sp³-hybridized carbons (Fsp3) is 0.158. The van der Waals surface area contributed by atoms with Crippen molar-refractivity contribution in [3.05, 3.63) is 66.2 Å². The Labute approximate surface area is 171 Å². The fourth-order valence-electron chi connectivity index (χ4n) is 2.19. The van der Waals surface area contributed by atoms with Gasteiger partial charge in [0.15, 0.2) is 4.34 Å². The van der Waals surface area contributed by atoms with Gasteiger partial charge in [-0.15, -0.1) is 10.2 Å². The molecule has 3 aromatic rings. The third kappa shape index (κ3) is 6.07. The number of thioether (sulfide) groups is 1. The Morgan fingerprint density at radius 3 is 2.43 bits per heavy atom. The monoisotopic (exact) mass is 413 g/mol. The van der Waals surface area contributed by atoms with E-state index in [2.05, 4.69) is 26.1 Å². The van der Waals surface area contributed by atoms with E-state index in [1.54, 1.807) is 6.92 Å². The first-order valence-electron chi connectivity index (χ1n) is 8.55. The Kier molecular flexibility index (Phi) is 6.99. The van der Waals surface area contributed by atoms with Crippen LogP contribution in [-0.2, 0) is 11.3 Å². The van der Waals surface area contributed by atoms with Crippen molar-refractivity contribution in [2.24, 2.45) is 0 Å². The summed E-state index contributed by atoms with van der Waals surface area (Å²) in [5.74, 6) is -0.386. The Morgan fingerprint density at radius 2 is 1.71 bits per heavy atom. The van der Waals surface area contributed by atoms with Gasteiger partial charge in [0.05, 0.1) is 5.25 Å². The lowest BCUT2D eigenvalue weighted by Gasteiger charge is -2.10. The molecule has 144 valence electrons. The van der Waals surface area contributed by atoms with Gasteiger partial charge in [0.1, 0.15) is 0 Å². The van der Waals surface area contributed by atoms with E-state index in [-0.39, 0.29) is 5.91 Å². The third-order valence-electron chi connectivity index (χ3n) is 3.61. The van der Waals surface area contributed by atoms with Crippen LogP contribution < -0.4 is 16.0 Å². The highest BCUT2D eigenvalue weighted by molar-refractivity contribution is 8.02. The summed E-state index contributed by atoms with van der Waals surface area (Å²) in [6, 6.07) is 18.6. The maximum absolute atomic E-state index is 12.2. The van der Waals surface area contributed by atoms with Crippen molar-refractivity contribution >= 4 is 45.9 Å². The number of hydrogen-bond acceptors (Lipinski definition) is 7. The van der Waals surface area contributed by atoms with Gasteiger partial charge in [-0.2, -0.15) is 0 Å². The second-order valence-corrected chi connectivity index (χ2v) is 8.35. The highest BCUT2D eigenvalue weighted by atomic mass is 32.2. The van der Waals surface area contributed by atoms with Crippen LogP contribution in [0.2, 0.25) is 0 Å². The van der Waals surface area contributed by atoms with Gasteiger partial charge in [-0.3, -0.25) is 10.1 Å². The van der Waals surface area contributed by atoms with Crippen LogP contribution in [0, 0.1) is 0 Å². The first-order chi connectivity index (χ1) is 13.6. The average Bonchev–Trinajstić information content (AvgIpc) is 3.14. The number of rotatable bonds is 7. The molecule has 0 aliphatic carbocycles. The van der Waals surface area contributed by atoms with Crippen molar-refractivity contribution in [1.82, 2.24) is 20.8 Å². The number of nitrogens with one attached hydrogen (secondary N) is 3. The molecule has 1 atom stereocenters. The molecule has 28 heavy (non-hydrogen) atoms. The molecule has 0 saturated carbocycles. The van der Waals surface area contributed by atoms with Gasteiger partial charge in [0.25, 0.3) is 0 Å². The van der Waals surface area contributed by atoms with Gasteiger partial charge >= 0.3 is 6.03 Å². The van der Waals surface area contributed by atoms with Gasteiger partial charge in [-0.05, 0) is 24.6 Å². The zero-order valence-electron chi connectivity index (χ0n) is 15.1. The molecule has 2 aromatic carbocycles. The largest absolute Gasteiger partial charge is 0.334 e. The summed E-state index contributed by atoms with van der Waals surface area (Å²) in [6.07, 6.45) is 0. The molecule has 3 rings (SSSR count). The fourth-order valence-corrected chi connectivity index (χ4v) is 4.11. The highest BCUT2D eigenvalue weighted by Crippen LogP contribution is 2.30. The molecule has 1 heterocycles. The number of urea groups is 1.